The molecule has 6 heteroatoms. The second-order valence-electron chi connectivity index (χ2n) is 6.02. The van der Waals surface area contributed by atoms with Crippen molar-refractivity contribution < 1.29 is 0 Å². The van der Waals surface area contributed by atoms with Gasteiger partial charge in [-0.1, -0.05) is 45.0 Å². The molecule has 2 heterocycles. The Bertz CT molecular complexity index is 910. The molecular weight excluding hydrogens is 284 g/mol. The van der Waals surface area contributed by atoms with Crippen molar-refractivity contribution in [1.29, 1.82) is 0 Å². The molecule has 0 fully saturated rings. The molecule has 2 N–H and O–H groups in total. The summed E-state index contributed by atoms with van der Waals surface area (Å²) in [5, 5.41) is 2.89. The molecule has 0 aliphatic rings. The average molecular weight is 300 g/mol. The summed E-state index contributed by atoms with van der Waals surface area (Å²) in [6, 6.07) is 8.27. The average Bonchev–Trinajstić information content (AvgIpc) is 2.82. The molecule has 0 aliphatic heterocycles. The quantitative estimate of drug-likeness (QED) is 0.679. The molecule has 0 bridgehead atoms. The van der Waals surface area contributed by atoms with Gasteiger partial charge >= 0.3 is 5.69 Å². The van der Waals surface area contributed by atoms with Crippen LogP contribution in [0.4, 0.5) is 0 Å². The highest BCUT2D eigenvalue weighted by Gasteiger charge is 2.14. The van der Waals surface area contributed by atoms with E-state index in [0.29, 0.717) is 5.65 Å². The fourth-order valence-electron chi connectivity index (χ4n) is 2.27. The first kappa shape index (κ1) is 13.8. The lowest BCUT2D eigenvalue weighted by Crippen LogP contribution is -2.18. The van der Waals surface area contributed by atoms with Crippen molar-refractivity contribution in [2.45, 2.75) is 26.2 Å². The predicted molar refractivity (Wildman–Crippen MR) is 85.1 cm³/mol. The molecule has 0 unspecified atom stereocenters. The second-order valence-corrected chi connectivity index (χ2v) is 6.41. The van der Waals surface area contributed by atoms with Crippen molar-refractivity contribution in [3.63, 3.8) is 0 Å². The van der Waals surface area contributed by atoms with E-state index >= 15 is 0 Å². The lowest BCUT2D eigenvalue weighted by atomic mass is 9.86. The molecule has 0 radical (unpaired) electrons. The minimum absolute atomic E-state index is 0.108. The third-order valence-corrected chi connectivity index (χ3v) is 3.67. The molecule has 108 valence electrons. The van der Waals surface area contributed by atoms with Crippen LogP contribution in [0.15, 0.2) is 35.3 Å². The van der Waals surface area contributed by atoms with E-state index < -0.39 is 0 Å². The number of H-pyrrole nitrogens is 2. The molecule has 2 aromatic heterocycles. The maximum Gasteiger partial charge on any atom is 0.348 e. The van der Waals surface area contributed by atoms with Gasteiger partial charge in [0.25, 0.3) is 0 Å². The first-order chi connectivity index (χ1) is 9.86. The number of nitrogens with zero attached hydrogens (tertiary/aromatic N) is 2. The Morgan fingerprint density at radius 3 is 2.48 bits per heavy atom. The molecule has 0 spiro atoms. The third kappa shape index (κ3) is 2.42. The normalized spacial score (nSPS) is 12.0. The van der Waals surface area contributed by atoms with Crippen LogP contribution in [0.25, 0.3) is 16.8 Å². The van der Waals surface area contributed by atoms with Crippen LogP contribution in [0.5, 0.6) is 0 Å². The number of hydrogen-bond acceptors (Lipinski definition) is 3. The Morgan fingerprint density at radius 2 is 1.86 bits per heavy atom. The molecule has 1 aromatic carbocycles. The molecule has 0 aliphatic carbocycles. The van der Waals surface area contributed by atoms with Gasteiger partial charge in [-0.25, -0.2) is 4.79 Å². The van der Waals surface area contributed by atoms with Gasteiger partial charge in [-0.05, 0) is 28.8 Å². The summed E-state index contributed by atoms with van der Waals surface area (Å²) in [7, 11) is 0. The fourth-order valence-corrected chi connectivity index (χ4v) is 2.45. The van der Waals surface area contributed by atoms with Gasteiger partial charge in [0.2, 0.25) is 4.77 Å². The van der Waals surface area contributed by atoms with Crippen LogP contribution in [0.2, 0.25) is 0 Å². The first-order valence-corrected chi connectivity index (χ1v) is 7.08. The number of hydrogen-bond donors (Lipinski definition) is 2. The fraction of sp³-hybridized carbons (Fsp3) is 0.267. The van der Waals surface area contributed by atoms with E-state index in [1.807, 2.05) is 12.1 Å². The van der Waals surface area contributed by atoms with Gasteiger partial charge in [0.1, 0.15) is 0 Å². The minimum Gasteiger partial charge on any atom is -0.295 e. The van der Waals surface area contributed by atoms with Gasteiger partial charge in [0.15, 0.2) is 5.65 Å². The van der Waals surface area contributed by atoms with E-state index in [2.05, 4.69) is 48.0 Å². The van der Waals surface area contributed by atoms with E-state index in [-0.39, 0.29) is 15.9 Å². The largest absolute Gasteiger partial charge is 0.348 e. The van der Waals surface area contributed by atoms with Crippen molar-refractivity contribution in [3.05, 3.63) is 51.3 Å². The Kier molecular flexibility index (Phi) is 3.06. The zero-order valence-electron chi connectivity index (χ0n) is 12.1. The maximum atomic E-state index is 11.8. The summed E-state index contributed by atoms with van der Waals surface area (Å²) in [6.45, 7) is 6.52. The molecule has 5 nitrogen and oxygen atoms in total. The number of fused-ring (bicyclic) bond motifs is 1. The number of benzene rings is 1. The summed E-state index contributed by atoms with van der Waals surface area (Å²) in [5.74, 6) is 0. The van der Waals surface area contributed by atoms with Gasteiger partial charge in [-0.3, -0.25) is 10.1 Å². The maximum absolute atomic E-state index is 11.8. The minimum atomic E-state index is -0.317. The molecular formula is C15H16N4OS. The standard InChI is InChI=1S/C15H16N4OS/c1-15(2,3)10-6-4-9(5-7-10)11-8-16-19-12(11)17-13(21)18-14(19)20/h4-8,16H,1-3H3,(H,18,20,21). The number of aromatic nitrogens is 4. The molecule has 3 aromatic rings. The van der Waals surface area contributed by atoms with Gasteiger partial charge in [-0.2, -0.15) is 9.50 Å². The van der Waals surface area contributed by atoms with E-state index in [1.165, 1.54) is 10.1 Å². The van der Waals surface area contributed by atoms with Crippen LogP contribution in [-0.2, 0) is 5.41 Å². The van der Waals surface area contributed by atoms with E-state index in [0.717, 1.165) is 11.1 Å². The van der Waals surface area contributed by atoms with Crippen molar-refractivity contribution >= 4 is 17.9 Å². The summed E-state index contributed by atoms with van der Waals surface area (Å²) in [6.07, 6.45) is 1.76. The molecule has 0 saturated carbocycles. The first-order valence-electron chi connectivity index (χ1n) is 6.67. The van der Waals surface area contributed by atoms with Crippen LogP contribution in [0, 0.1) is 4.77 Å². The molecule has 0 saturated heterocycles. The summed E-state index contributed by atoms with van der Waals surface area (Å²) < 4.78 is 1.54. The van der Waals surface area contributed by atoms with Gasteiger partial charge in [0, 0.05) is 11.8 Å². The Hall–Kier alpha value is -2.21. The second kappa shape index (κ2) is 4.66. The Labute approximate surface area is 126 Å². The summed E-state index contributed by atoms with van der Waals surface area (Å²) in [5.41, 5.74) is 3.43. The Morgan fingerprint density at radius 1 is 1.19 bits per heavy atom. The van der Waals surface area contributed by atoms with Crippen molar-refractivity contribution in [2.75, 3.05) is 0 Å². The lowest BCUT2D eigenvalue weighted by molar-refractivity contribution is 0.590. The summed E-state index contributed by atoms with van der Waals surface area (Å²) in [4.78, 5) is 18.5. The van der Waals surface area contributed by atoms with Crippen LogP contribution < -0.4 is 5.69 Å². The van der Waals surface area contributed by atoms with Crippen molar-refractivity contribution in [2.24, 2.45) is 0 Å². The SMILES string of the molecule is CC(C)(C)c1ccc(-c2c[nH]n3c(=O)[nH]c(=S)nc23)cc1. The van der Waals surface area contributed by atoms with Gasteiger partial charge in [0.05, 0.1) is 0 Å². The van der Waals surface area contributed by atoms with Crippen molar-refractivity contribution in [1.82, 2.24) is 19.6 Å². The number of rotatable bonds is 1. The van der Waals surface area contributed by atoms with Crippen LogP contribution in [0.1, 0.15) is 26.3 Å². The topological polar surface area (TPSA) is 65.9 Å². The highest BCUT2D eigenvalue weighted by molar-refractivity contribution is 7.71. The third-order valence-electron chi connectivity index (χ3n) is 3.48. The highest BCUT2D eigenvalue weighted by atomic mass is 32.1. The number of aromatic amines is 2. The summed E-state index contributed by atoms with van der Waals surface area (Å²) >= 11 is 4.98. The van der Waals surface area contributed by atoms with E-state index in [4.69, 9.17) is 12.2 Å². The Balaban J connectivity index is 2.17. The zero-order valence-corrected chi connectivity index (χ0v) is 12.9. The van der Waals surface area contributed by atoms with Gasteiger partial charge in [-0.15, -0.1) is 0 Å². The predicted octanol–water partition coefficient (Wildman–Crippen LogP) is 3.04. The van der Waals surface area contributed by atoms with Crippen LogP contribution in [-0.4, -0.2) is 19.6 Å². The lowest BCUT2D eigenvalue weighted by Gasteiger charge is -2.19. The monoisotopic (exact) mass is 300 g/mol. The zero-order chi connectivity index (χ0) is 15.2. The molecule has 21 heavy (non-hydrogen) atoms. The van der Waals surface area contributed by atoms with E-state index in [9.17, 15) is 4.79 Å². The van der Waals surface area contributed by atoms with Crippen LogP contribution in [0.3, 0.4) is 0 Å². The van der Waals surface area contributed by atoms with Crippen LogP contribution >= 0.6 is 12.2 Å². The van der Waals surface area contributed by atoms with E-state index in [1.54, 1.807) is 6.20 Å². The smallest absolute Gasteiger partial charge is 0.295 e. The molecule has 3 rings (SSSR count). The molecule has 0 atom stereocenters. The number of nitrogens with one attached hydrogen (secondary N) is 2. The van der Waals surface area contributed by atoms with Gasteiger partial charge < -0.3 is 0 Å². The molecule has 0 amide bonds. The van der Waals surface area contributed by atoms with Crippen molar-refractivity contribution in [3.8, 4) is 11.1 Å². The highest BCUT2D eigenvalue weighted by Crippen LogP contribution is 2.27.